The van der Waals surface area contributed by atoms with Crippen LogP contribution in [0.1, 0.15) is 64.8 Å². The van der Waals surface area contributed by atoms with Crippen LogP contribution in [0.5, 0.6) is 0 Å². The van der Waals surface area contributed by atoms with Crippen molar-refractivity contribution < 1.29 is 9.59 Å². The molecule has 2 aliphatic heterocycles. The number of aromatic nitrogens is 2. The quantitative estimate of drug-likeness (QED) is 0.772. The Labute approximate surface area is 176 Å². The van der Waals surface area contributed by atoms with Crippen molar-refractivity contribution in [3.05, 3.63) is 45.7 Å². The monoisotopic (exact) mass is 412 g/mol. The van der Waals surface area contributed by atoms with Crippen LogP contribution in [0.15, 0.2) is 23.7 Å². The highest BCUT2D eigenvalue weighted by molar-refractivity contribution is 7.09. The van der Waals surface area contributed by atoms with E-state index in [4.69, 9.17) is 0 Å². The molecule has 6 nitrogen and oxygen atoms in total. The molecule has 0 saturated carbocycles. The molecular weight excluding hydrogens is 384 g/mol. The van der Waals surface area contributed by atoms with E-state index < -0.39 is 0 Å². The van der Waals surface area contributed by atoms with Gasteiger partial charge in [-0.3, -0.25) is 14.6 Å². The molecule has 2 aromatic rings. The number of pyridine rings is 1. The normalized spacial score (nSPS) is 20.0. The van der Waals surface area contributed by atoms with Gasteiger partial charge < -0.3 is 9.80 Å². The van der Waals surface area contributed by atoms with Gasteiger partial charge in [0.15, 0.2) is 0 Å². The van der Waals surface area contributed by atoms with Gasteiger partial charge in [0.25, 0.3) is 5.91 Å². The number of amides is 2. The Morgan fingerprint density at radius 3 is 2.59 bits per heavy atom. The van der Waals surface area contributed by atoms with Crippen LogP contribution in [0.25, 0.3) is 0 Å². The summed E-state index contributed by atoms with van der Waals surface area (Å²) in [5.41, 5.74) is 2.50. The van der Waals surface area contributed by atoms with E-state index >= 15 is 0 Å². The number of nitrogens with zero attached hydrogens (tertiary/aromatic N) is 4. The molecule has 4 rings (SSSR count). The van der Waals surface area contributed by atoms with Crippen LogP contribution in [-0.2, 0) is 11.2 Å². The summed E-state index contributed by atoms with van der Waals surface area (Å²) in [6.45, 7) is 5.14. The van der Waals surface area contributed by atoms with Crippen LogP contribution in [0.3, 0.4) is 0 Å². The maximum Gasteiger partial charge on any atom is 0.255 e. The second kappa shape index (κ2) is 9.03. The second-order valence-corrected chi connectivity index (χ2v) is 9.10. The molecular formula is C22H28N4O2S. The summed E-state index contributed by atoms with van der Waals surface area (Å²) in [4.78, 5) is 38.2. The van der Waals surface area contributed by atoms with E-state index in [1.54, 1.807) is 17.5 Å². The van der Waals surface area contributed by atoms with Gasteiger partial charge >= 0.3 is 0 Å². The first-order valence-corrected chi connectivity index (χ1v) is 11.4. The predicted octanol–water partition coefficient (Wildman–Crippen LogP) is 3.42. The average molecular weight is 413 g/mol. The van der Waals surface area contributed by atoms with Crippen molar-refractivity contribution in [1.29, 1.82) is 0 Å². The van der Waals surface area contributed by atoms with Crippen LogP contribution in [-0.4, -0.2) is 57.8 Å². The molecule has 154 valence electrons. The lowest BCUT2D eigenvalue weighted by molar-refractivity contribution is -0.131. The molecule has 2 saturated heterocycles. The Balaban J connectivity index is 1.37. The largest absolute Gasteiger partial charge is 0.342 e. The zero-order valence-corrected chi connectivity index (χ0v) is 17.8. The SMILES string of the molecule is Cc1nc(CC(=O)N2CCC[C@H](c3ccc(C(=O)N4CCCCC4)cn3)C2)cs1. The first kappa shape index (κ1) is 20.0. The summed E-state index contributed by atoms with van der Waals surface area (Å²) in [6.07, 6.45) is 7.46. The Bertz CT molecular complexity index is 858. The minimum Gasteiger partial charge on any atom is -0.342 e. The first-order chi connectivity index (χ1) is 14.1. The number of likely N-dealkylation sites (tertiary alicyclic amines) is 2. The van der Waals surface area contributed by atoms with Gasteiger partial charge in [0.05, 0.1) is 22.7 Å². The van der Waals surface area contributed by atoms with Crippen molar-refractivity contribution >= 4 is 23.2 Å². The van der Waals surface area contributed by atoms with Gasteiger partial charge in [-0.05, 0) is 51.2 Å². The molecule has 0 spiro atoms. The van der Waals surface area contributed by atoms with E-state index in [9.17, 15) is 9.59 Å². The number of hydrogen-bond donors (Lipinski definition) is 0. The van der Waals surface area contributed by atoms with Gasteiger partial charge in [-0.2, -0.15) is 0 Å². The Morgan fingerprint density at radius 1 is 1.10 bits per heavy atom. The van der Waals surface area contributed by atoms with Crippen molar-refractivity contribution in [3.63, 3.8) is 0 Å². The zero-order chi connectivity index (χ0) is 20.2. The summed E-state index contributed by atoms with van der Waals surface area (Å²) in [5.74, 6) is 0.448. The third-order valence-electron chi connectivity index (χ3n) is 5.87. The lowest BCUT2D eigenvalue weighted by Gasteiger charge is -2.32. The maximum absolute atomic E-state index is 12.7. The van der Waals surface area contributed by atoms with Crippen LogP contribution in [0.4, 0.5) is 0 Å². The highest BCUT2D eigenvalue weighted by atomic mass is 32.1. The minimum absolute atomic E-state index is 0.0859. The van der Waals surface area contributed by atoms with E-state index in [1.165, 1.54) is 6.42 Å². The van der Waals surface area contributed by atoms with Gasteiger partial charge in [0.2, 0.25) is 5.91 Å². The number of hydrogen-bond acceptors (Lipinski definition) is 5. The molecule has 7 heteroatoms. The molecule has 4 heterocycles. The van der Waals surface area contributed by atoms with Gasteiger partial charge in [0, 0.05) is 49.4 Å². The third kappa shape index (κ3) is 4.83. The number of aryl methyl sites for hydroxylation is 1. The molecule has 2 amide bonds. The summed E-state index contributed by atoms with van der Waals surface area (Å²) < 4.78 is 0. The van der Waals surface area contributed by atoms with Gasteiger partial charge in [-0.15, -0.1) is 11.3 Å². The van der Waals surface area contributed by atoms with Crippen LogP contribution in [0.2, 0.25) is 0 Å². The molecule has 0 radical (unpaired) electrons. The predicted molar refractivity (Wildman–Crippen MR) is 113 cm³/mol. The summed E-state index contributed by atoms with van der Waals surface area (Å²) in [6, 6.07) is 3.87. The van der Waals surface area contributed by atoms with Crippen molar-refractivity contribution in [2.24, 2.45) is 0 Å². The Hall–Kier alpha value is -2.28. The Kier molecular flexibility index (Phi) is 6.23. The highest BCUT2D eigenvalue weighted by Crippen LogP contribution is 2.26. The lowest BCUT2D eigenvalue weighted by Crippen LogP contribution is -2.40. The highest BCUT2D eigenvalue weighted by Gasteiger charge is 2.26. The summed E-state index contributed by atoms with van der Waals surface area (Å²) in [7, 11) is 0. The lowest BCUT2D eigenvalue weighted by atomic mass is 9.93. The van der Waals surface area contributed by atoms with E-state index in [-0.39, 0.29) is 17.7 Å². The fourth-order valence-electron chi connectivity index (χ4n) is 4.25. The molecule has 29 heavy (non-hydrogen) atoms. The molecule has 0 bridgehead atoms. The van der Waals surface area contributed by atoms with Crippen molar-refractivity contribution in [1.82, 2.24) is 19.8 Å². The fourth-order valence-corrected chi connectivity index (χ4v) is 4.87. The number of thiazole rings is 1. The van der Waals surface area contributed by atoms with Gasteiger partial charge in [-0.1, -0.05) is 0 Å². The molecule has 2 aliphatic rings. The first-order valence-electron chi connectivity index (χ1n) is 10.5. The average Bonchev–Trinajstić information content (AvgIpc) is 3.18. The molecule has 0 N–H and O–H groups in total. The van der Waals surface area contributed by atoms with Gasteiger partial charge in [-0.25, -0.2) is 4.98 Å². The summed E-state index contributed by atoms with van der Waals surface area (Å²) >= 11 is 1.58. The van der Waals surface area contributed by atoms with Gasteiger partial charge in [0.1, 0.15) is 0 Å². The maximum atomic E-state index is 12.7. The number of rotatable bonds is 4. The molecule has 0 unspecified atom stereocenters. The fraction of sp³-hybridized carbons (Fsp3) is 0.545. The smallest absolute Gasteiger partial charge is 0.255 e. The van der Waals surface area contributed by atoms with E-state index in [1.807, 2.05) is 34.2 Å². The number of piperidine rings is 2. The number of carbonyl (C=O) groups is 2. The van der Waals surface area contributed by atoms with Crippen molar-refractivity contribution in [2.75, 3.05) is 26.2 Å². The van der Waals surface area contributed by atoms with Crippen molar-refractivity contribution in [2.45, 2.75) is 51.4 Å². The van der Waals surface area contributed by atoms with E-state index in [0.717, 1.165) is 61.7 Å². The Morgan fingerprint density at radius 2 is 1.90 bits per heavy atom. The molecule has 0 aromatic carbocycles. The van der Waals surface area contributed by atoms with Crippen molar-refractivity contribution in [3.8, 4) is 0 Å². The topological polar surface area (TPSA) is 66.4 Å². The molecule has 2 fully saturated rings. The van der Waals surface area contributed by atoms with E-state index in [2.05, 4.69) is 9.97 Å². The molecule has 2 aromatic heterocycles. The molecule has 0 aliphatic carbocycles. The van der Waals surface area contributed by atoms with Crippen LogP contribution < -0.4 is 0 Å². The van der Waals surface area contributed by atoms with E-state index in [0.29, 0.717) is 18.5 Å². The van der Waals surface area contributed by atoms with Crippen LogP contribution >= 0.6 is 11.3 Å². The van der Waals surface area contributed by atoms with Crippen LogP contribution in [0, 0.1) is 6.92 Å². The minimum atomic E-state index is 0.0859. The number of carbonyl (C=O) groups excluding carboxylic acids is 2. The second-order valence-electron chi connectivity index (χ2n) is 8.04. The standard InChI is InChI=1S/C22H28N4O2S/c1-16-24-19(15-29-16)12-21(27)26-11-5-6-18(14-26)20-8-7-17(13-23-20)22(28)25-9-3-2-4-10-25/h7-8,13,15,18H,2-6,9-12,14H2,1H3/t18-/m0/s1. The summed E-state index contributed by atoms with van der Waals surface area (Å²) in [5, 5.41) is 2.96. The molecule has 1 atom stereocenters. The third-order valence-corrected chi connectivity index (χ3v) is 6.69. The zero-order valence-electron chi connectivity index (χ0n) is 17.0.